The molecule has 0 radical (unpaired) electrons. The third-order valence-electron chi connectivity index (χ3n) is 6.00. The maximum Gasteiger partial charge on any atom is 0.321 e. The van der Waals surface area contributed by atoms with Gasteiger partial charge < -0.3 is 20.1 Å². The molecule has 3 amide bonds. The molecule has 2 N–H and O–H groups in total. The fraction of sp³-hybridized carbons (Fsp3) is 0.400. The molecule has 0 spiro atoms. The summed E-state index contributed by atoms with van der Waals surface area (Å²) in [5, 5.41) is 5.93. The quantitative estimate of drug-likeness (QED) is 0.525. The molecule has 1 aliphatic rings. The third kappa shape index (κ3) is 5.53. The summed E-state index contributed by atoms with van der Waals surface area (Å²) in [7, 11) is 2.00. The van der Waals surface area contributed by atoms with Crippen molar-refractivity contribution in [3.63, 3.8) is 0 Å². The molecule has 1 saturated heterocycles. The van der Waals surface area contributed by atoms with Gasteiger partial charge in [-0.2, -0.15) is 0 Å². The molecule has 1 aliphatic heterocycles. The van der Waals surface area contributed by atoms with Crippen molar-refractivity contribution in [1.82, 2.24) is 24.7 Å². The summed E-state index contributed by atoms with van der Waals surface area (Å²) in [6, 6.07) is 13.6. The molecule has 3 aromatic rings. The van der Waals surface area contributed by atoms with Crippen LogP contribution in [-0.2, 0) is 13.6 Å². The number of aryl methyl sites for hydroxylation is 1. The number of hydrogen-bond acceptors (Lipinski definition) is 5. The second-order valence-electron chi connectivity index (χ2n) is 8.84. The molecule has 2 heterocycles. The van der Waals surface area contributed by atoms with Crippen LogP contribution in [0.2, 0.25) is 0 Å². The number of aromatic nitrogens is 2. The van der Waals surface area contributed by atoms with Gasteiger partial charge in [0, 0.05) is 55.4 Å². The molecule has 0 aliphatic carbocycles. The normalized spacial score (nSPS) is 14.6. The van der Waals surface area contributed by atoms with E-state index in [0.717, 1.165) is 40.5 Å². The zero-order valence-electron chi connectivity index (χ0n) is 20.2. The van der Waals surface area contributed by atoms with Gasteiger partial charge >= 0.3 is 6.03 Å². The highest BCUT2D eigenvalue weighted by Crippen LogP contribution is 2.21. The number of amides is 3. The highest BCUT2D eigenvalue weighted by atomic mass is 32.2. The first-order valence-electron chi connectivity index (χ1n) is 11.5. The summed E-state index contributed by atoms with van der Waals surface area (Å²) in [5.41, 5.74) is 3.26. The number of rotatable bonds is 6. The number of thioether (sulfide) groups is 1. The highest BCUT2D eigenvalue weighted by molar-refractivity contribution is 7.98. The predicted molar refractivity (Wildman–Crippen MR) is 137 cm³/mol. The lowest BCUT2D eigenvalue weighted by atomic mass is 10.2. The van der Waals surface area contributed by atoms with Crippen LogP contribution in [-0.4, -0.2) is 69.8 Å². The Morgan fingerprint density at radius 1 is 1.09 bits per heavy atom. The maximum absolute atomic E-state index is 12.7. The molecule has 4 rings (SSSR count). The van der Waals surface area contributed by atoms with Crippen LogP contribution >= 0.6 is 11.8 Å². The van der Waals surface area contributed by atoms with Crippen molar-refractivity contribution >= 4 is 40.4 Å². The number of urea groups is 1. The molecule has 180 valence electrons. The number of carbonyl (C=O) groups is 2. The van der Waals surface area contributed by atoms with Crippen molar-refractivity contribution in [2.75, 3.05) is 37.8 Å². The number of hydrogen-bond donors (Lipinski definition) is 2. The monoisotopic (exact) mass is 480 g/mol. The number of imidazole rings is 1. The molecular weight excluding hydrogens is 448 g/mol. The van der Waals surface area contributed by atoms with E-state index in [2.05, 4.69) is 20.1 Å². The largest absolute Gasteiger partial charge is 0.350 e. The molecule has 0 atom stereocenters. The van der Waals surface area contributed by atoms with Crippen LogP contribution in [0.25, 0.3) is 11.0 Å². The Kier molecular flexibility index (Phi) is 7.43. The van der Waals surface area contributed by atoms with Gasteiger partial charge in [0.05, 0.1) is 17.6 Å². The van der Waals surface area contributed by atoms with Crippen LogP contribution in [0.5, 0.6) is 0 Å². The topological polar surface area (TPSA) is 82.5 Å². The number of fused-ring (bicyclic) bond motifs is 1. The van der Waals surface area contributed by atoms with Crippen LogP contribution in [0.4, 0.5) is 10.5 Å². The Labute approximate surface area is 204 Å². The maximum atomic E-state index is 12.7. The van der Waals surface area contributed by atoms with Crippen molar-refractivity contribution < 1.29 is 9.59 Å². The highest BCUT2D eigenvalue weighted by Gasteiger charge is 2.23. The number of benzene rings is 2. The van der Waals surface area contributed by atoms with Gasteiger partial charge in [-0.3, -0.25) is 9.69 Å². The van der Waals surface area contributed by atoms with E-state index in [9.17, 15) is 9.59 Å². The van der Waals surface area contributed by atoms with Gasteiger partial charge in [0.2, 0.25) is 0 Å². The van der Waals surface area contributed by atoms with Gasteiger partial charge in [-0.15, -0.1) is 11.8 Å². The number of anilines is 1. The van der Waals surface area contributed by atoms with Crippen molar-refractivity contribution in [2.24, 2.45) is 7.05 Å². The van der Waals surface area contributed by atoms with Gasteiger partial charge in [0.1, 0.15) is 5.82 Å². The fourth-order valence-electron chi connectivity index (χ4n) is 4.09. The summed E-state index contributed by atoms with van der Waals surface area (Å²) in [6.07, 6.45) is 2.02. The lowest BCUT2D eigenvalue weighted by Gasteiger charge is -2.34. The van der Waals surface area contributed by atoms with Crippen molar-refractivity contribution in [1.29, 1.82) is 0 Å². The molecule has 2 aromatic carbocycles. The summed E-state index contributed by atoms with van der Waals surface area (Å²) < 4.78 is 2.08. The van der Waals surface area contributed by atoms with Gasteiger partial charge in [0.15, 0.2) is 0 Å². The van der Waals surface area contributed by atoms with E-state index in [4.69, 9.17) is 4.98 Å². The number of nitrogens with one attached hydrogen (secondary N) is 2. The Morgan fingerprint density at radius 3 is 2.56 bits per heavy atom. The number of carbonyl (C=O) groups excluding carboxylic acids is 2. The van der Waals surface area contributed by atoms with E-state index >= 15 is 0 Å². The van der Waals surface area contributed by atoms with Crippen molar-refractivity contribution in [2.45, 2.75) is 31.3 Å². The molecule has 9 heteroatoms. The first-order valence-corrected chi connectivity index (χ1v) is 12.7. The summed E-state index contributed by atoms with van der Waals surface area (Å²) >= 11 is 1.65. The summed E-state index contributed by atoms with van der Waals surface area (Å²) in [6.45, 7) is 7.48. The van der Waals surface area contributed by atoms with Gasteiger partial charge in [-0.1, -0.05) is 6.07 Å². The molecule has 1 aromatic heterocycles. The lowest BCUT2D eigenvalue weighted by Crippen LogP contribution is -2.49. The smallest absolute Gasteiger partial charge is 0.321 e. The minimum atomic E-state index is -0.0846. The Morgan fingerprint density at radius 2 is 1.85 bits per heavy atom. The van der Waals surface area contributed by atoms with Gasteiger partial charge in [-0.05, 0) is 56.5 Å². The molecule has 0 unspecified atom stereocenters. The van der Waals surface area contributed by atoms with Crippen LogP contribution < -0.4 is 10.6 Å². The molecule has 0 bridgehead atoms. The Bertz CT molecular complexity index is 1180. The van der Waals surface area contributed by atoms with Crippen LogP contribution in [0.3, 0.4) is 0 Å². The lowest BCUT2D eigenvalue weighted by molar-refractivity contribution is 0.0943. The zero-order valence-corrected chi connectivity index (χ0v) is 21.0. The molecule has 1 fully saturated rings. The SMILES string of the molecule is CSc1cccc(NC(=O)N2CCN(Cc3nc4cc(C(=O)NC(C)C)ccc4n3C)CC2)c1. The summed E-state index contributed by atoms with van der Waals surface area (Å²) in [4.78, 5) is 35.1. The zero-order chi connectivity index (χ0) is 24.2. The molecular formula is C25H32N6O2S. The van der Waals surface area contributed by atoms with Gasteiger partial charge in [0.25, 0.3) is 5.91 Å². The molecule has 34 heavy (non-hydrogen) atoms. The predicted octanol–water partition coefficient (Wildman–Crippen LogP) is 3.78. The van der Waals surface area contributed by atoms with E-state index < -0.39 is 0 Å². The van der Waals surface area contributed by atoms with Crippen LogP contribution in [0.15, 0.2) is 47.4 Å². The van der Waals surface area contributed by atoms with Crippen LogP contribution in [0, 0.1) is 0 Å². The minimum Gasteiger partial charge on any atom is -0.350 e. The van der Waals surface area contributed by atoms with Gasteiger partial charge in [-0.25, -0.2) is 9.78 Å². The van der Waals surface area contributed by atoms with E-state index in [1.54, 1.807) is 11.8 Å². The van der Waals surface area contributed by atoms with Crippen molar-refractivity contribution in [3.05, 3.63) is 53.9 Å². The minimum absolute atomic E-state index is 0.0622. The molecule has 8 nitrogen and oxygen atoms in total. The fourth-order valence-corrected chi connectivity index (χ4v) is 4.55. The molecule has 0 saturated carbocycles. The standard InChI is InChI=1S/C25H32N6O2S/c1-17(2)26-24(32)18-8-9-22-21(14-18)28-23(29(22)3)16-30-10-12-31(13-11-30)25(33)27-19-6-5-7-20(15-19)34-4/h5-9,14-15,17H,10-13,16H2,1-4H3,(H,26,32)(H,27,33). The Hall–Kier alpha value is -3.04. The average molecular weight is 481 g/mol. The average Bonchev–Trinajstić information content (AvgIpc) is 3.13. The van der Waals surface area contributed by atoms with Crippen molar-refractivity contribution in [3.8, 4) is 0 Å². The van der Waals surface area contributed by atoms with E-state index in [0.29, 0.717) is 25.2 Å². The summed E-state index contributed by atoms with van der Waals surface area (Å²) in [5.74, 6) is 0.863. The Balaban J connectivity index is 1.36. The third-order valence-corrected chi connectivity index (χ3v) is 6.73. The number of piperazine rings is 1. The van der Waals surface area contributed by atoms with E-state index in [-0.39, 0.29) is 18.0 Å². The first-order chi connectivity index (χ1) is 16.3. The second kappa shape index (κ2) is 10.5. The van der Waals surface area contributed by atoms with E-state index in [1.807, 2.05) is 74.5 Å². The van der Waals surface area contributed by atoms with Crippen LogP contribution in [0.1, 0.15) is 30.0 Å². The second-order valence-corrected chi connectivity index (χ2v) is 9.72. The first kappa shape index (κ1) is 24.1. The van der Waals surface area contributed by atoms with E-state index in [1.165, 1.54) is 0 Å². The number of nitrogens with zero attached hydrogens (tertiary/aromatic N) is 4.